The average Bonchev–Trinajstić information content (AvgIpc) is 1.25. The minimum atomic E-state index is -2.08. The predicted molar refractivity (Wildman–Crippen MR) is 16.0 cm³/mol. The molecule has 8 heteroatoms. The van der Waals surface area contributed by atoms with Crippen molar-refractivity contribution in [3.8, 4) is 0 Å². The van der Waals surface area contributed by atoms with Gasteiger partial charge in [0.25, 0.3) is 0 Å². The van der Waals surface area contributed by atoms with Crippen molar-refractivity contribution in [2.75, 3.05) is 0 Å². The van der Waals surface area contributed by atoms with Crippen LogP contribution in [-0.4, -0.2) is 22.5 Å². The summed E-state index contributed by atoms with van der Waals surface area (Å²) in [7, 11) is 0. The Bertz CT molecular complexity index is 71.7. The number of hydrogen-bond acceptors (Lipinski definition) is 4. The molecule has 2 N–H and O–H groups in total. The van der Waals surface area contributed by atoms with E-state index in [2.05, 4.69) is 0 Å². The Balaban J connectivity index is -0.0000000300. The van der Waals surface area contributed by atoms with Gasteiger partial charge in [0.2, 0.25) is 12.3 Å². The Morgan fingerprint density at radius 1 is 0.900 bits per heavy atom. The van der Waals surface area contributed by atoms with Gasteiger partial charge in [-0.3, -0.25) is 0 Å². The van der Waals surface area contributed by atoms with E-state index in [1.165, 1.54) is 0 Å². The molecule has 0 amide bonds. The summed E-state index contributed by atoms with van der Waals surface area (Å²) in [4.78, 5) is 16.9. The van der Waals surface area contributed by atoms with Gasteiger partial charge in [0.15, 0.2) is 0 Å². The Hall–Kier alpha value is -0.265. The molecule has 0 fully saturated rings. The van der Waals surface area contributed by atoms with E-state index in [9.17, 15) is 0 Å². The molecule has 0 atom stereocenters. The molecule has 0 aliphatic rings. The van der Waals surface area contributed by atoms with E-state index in [1.54, 1.807) is 0 Å². The molecule has 0 rings (SSSR count). The van der Waals surface area contributed by atoms with Gasteiger partial charge in [0, 0.05) is 0 Å². The van der Waals surface area contributed by atoms with Crippen LogP contribution in [0.2, 0.25) is 0 Å². The summed E-state index contributed by atoms with van der Waals surface area (Å²) in [6, 6.07) is 0. The van der Waals surface area contributed by atoms with Crippen LogP contribution in [0.25, 0.3) is 0 Å². The molecule has 6 nitrogen and oxygen atoms in total. The van der Waals surface area contributed by atoms with Crippen LogP contribution in [0.4, 0.5) is 9.59 Å². The normalized spacial score (nSPS) is 4.80. The fourth-order valence-electron chi connectivity index (χ4n) is 0. The molecule has 0 radical (unpaired) electrons. The standard InChI is InChI=1S/2CH2O3.2Li/c2*2-1(3)4;;/h2*(H2,2,3,4);;/q;;2*+1/p-2. The van der Waals surface area contributed by atoms with Crippen molar-refractivity contribution in [1.29, 1.82) is 0 Å². The van der Waals surface area contributed by atoms with Crippen molar-refractivity contribution >= 4 is 12.3 Å². The number of carboxylic acid groups (broad SMARTS) is 4. The summed E-state index contributed by atoms with van der Waals surface area (Å²) in [5.74, 6) is 0. The van der Waals surface area contributed by atoms with E-state index in [4.69, 9.17) is 30.0 Å². The van der Waals surface area contributed by atoms with E-state index in [0.717, 1.165) is 0 Å². The van der Waals surface area contributed by atoms with Crippen molar-refractivity contribution in [2.24, 2.45) is 0 Å². The molecule has 0 aliphatic carbocycles. The Morgan fingerprint density at radius 3 is 0.900 bits per heavy atom. The molecular weight excluding hydrogens is 134 g/mol. The second kappa shape index (κ2) is 15.9. The van der Waals surface area contributed by atoms with Gasteiger partial charge in [-0.1, -0.05) is 0 Å². The van der Waals surface area contributed by atoms with E-state index >= 15 is 0 Å². The molecule has 0 aromatic rings. The van der Waals surface area contributed by atoms with Gasteiger partial charge < -0.3 is 30.0 Å². The van der Waals surface area contributed by atoms with Crippen LogP contribution in [0.3, 0.4) is 0 Å². The first-order valence-electron chi connectivity index (χ1n) is 1.26. The van der Waals surface area contributed by atoms with Crippen molar-refractivity contribution < 1.29 is 67.7 Å². The molecular formula is C2H2Li2O6. The molecule has 0 aromatic heterocycles. The summed E-state index contributed by atoms with van der Waals surface area (Å²) in [6.45, 7) is 0. The van der Waals surface area contributed by atoms with Crippen molar-refractivity contribution in [3.05, 3.63) is 0 Å². The second-order valence-electron chi connectivity index (χ2n) is 0.532. The molecule has 0 aliphatic heterocycles. The number of hydrogen-bond donors (Lipinski definition) is 2. The second-order valence-corrected chi connectivity index (χ2v) is 0.532. The average molecular weight is 136 g/mol. The third kappa shape index (κ3) is 4990. The van der Waals surface area contributed by atoms with Crippen molar-refractivity contribution in [2.45, 2.75) is 0 Å². The smallest absolute Gasteiger partial charge is 0.565 e. The summed E-state index contributed by atoms with van der Waals surface area (Å²) < 4.78 is 0. The van der Waals surface area contributed by atoms with E-state index in [-0.39, 0.29) is 37.7 Å². The molecule has 10 heavy (non-hydrogen) atoms. The summed E-state index contributed by atoms with van der Waals surface area (Å²) in [5.41, 5.74) is 0. The topological polar surface area (TPSA) is 121 Å². The SMILES string of the molecule is O=C([O-])O.O=C([O-])O.[Li+].[Li+]. The largest absolute Gasteiger partial charge is 1.00 e. The Kier molecular flexibility index (Phi) is 35.9. The summed E-state index contributed by atoms with van der Waals surface area (Å²) >= 11 is 0. The fourth-order valence-corrected chi connectivity index (χ4v) is 0. The fraction of sp³-hybridized carbons (Fsp3) is 0. The maximum Gasteiger partial charge on any atom is 1.00 e. The first-order chi connectivity index (χ1) is 3.46. The molecule has 0 bridgehead atoms. The molecule has 0 unspecified atom stereocenters. The van der Waals surface area contributed by atoms with Gasteiger partial charge in [-0.15, -0.1) is 0 Å². The van der Waals surface area contributed by atoms with Gasteiger partial charge in [0.05, 0.1) is 0 Å². The number of rotatable bonds is 0. The molecule has 0 spiro atoms. The molecule has 0 saturated carbocycles. The zero-order valence-electron chi connectivity index (χ0n) is 5.53. The van der Waals surface area contributed by atoms with Crippen LogP contribution in [0.1, 0.15) is 0 Å². The minimum Gasteiger partial charge on any atom is -0.565 e. The zero-order valence-corrected chi connectivity index (χ0v) is 5.53. The number of carbonyl (C=O) groups is 2. The maximum absolute atomic E-state index is 8.44. The van der Waals surface area contributed by atoms with E-state index in [1.807, 2.05) is 0 Å². The van der Waals surface area contributed by atoms with Crippen molar-refractivity contribution in [1.82, 2.24) is 0 Å². The monoisotopic (exact) mass is 136 g/mol. The van der Waals surface area contributed by atoms with Gasteiger partial charge in [-0.05, 0) is 0 Å². The molecule has 0 heterocycles. The van der Waals surface area contributed by atoms with E-state index < -0.39 is 12.3 Å². The van der Waals surface area contributed by atoms with Crippen LogP contribution >= 0.6 is 0 Å². The van der Waals surface area contributed by atoms with Crippen molar-refractivity contribution in [3.63, 3.8) is 0 Å². The van der Waals surface area contributed by atoms with Crippen LogP contribution in [0, 0.1) is 0 Å². The first-order valence-corrected chi connectivity index (χ1v) is 1.26. The first kappa shape index (κ1) is 22.6. The quantitative estimate of drug-likeness (QED) is 0.319. The van der Waals surface area contributed by atoms with Gasteiger partial charge in [-0.2, -0.15) is 0 Å². The zero-order chi connectivity index (χ0) is 7.15. The molecule has 48 valence electrons. The molecule has 0 aromatic carbocycles. The van der Waals surface area contributed by atoms with E-state index in [0.29, 0.717) is 0 Å². The van der Waals surface area contributed by atoms with Gasteiger partial charge >= 0.3 is 37.7 Å². The third-order valence-electron chi connectivity index (χ3n) is 0. The van der Waals surface area contributed by atoms with Crippen LogP contribution in [0.5, 0.6) is 0 Å². The van der Waals surface area contributed by atoms with Gasteiger partial charge in [0.1, 0.15) is 0 Å². The molecule has 0 saturated heterocycles. The van der Waals surface area contributed by atoms with Gasteiger partial charge in [-0.25, -0.2) is 0 Å². The Labute approximate surface area is 80.2 Å². The van der Waals surface area contributed by atoms with Crippen LogP contribution < -0.4 is 47.9 Å². The Morgan fingerprint density at radius 2 is 0.900 bits per heavy atom. The third-order valence-corrected chi connectivity index (χ3v) is 0. The summed E-state index contributed by atoms with van der Waals surface area (Å²) in [5, 5.41) is 30.6. The minimum absolute atomic E-state index is 0. The van der Waals surface area contributed by atoms with Crippen LogP contribution in [-0.2, 0) is 0 Å². The van der Waals surface area contributed by atoms with Crippen LogP contribution in [0.15, 0.2) is 0 Å². The predicted octanol–water partition coefficient (Wildman–Crippen LogP) is -8.22. The summed E-state index contributed by atoms with van der Waals surface area (Å²) in [6.07, 6.45) is -4.17. The maximum atomic E-state index is 8.44.